The lowest BCUT2D eigenvalue weighted by molar-refractivity contribution is -0.384. The van der Waals surface area contributed by atoms with Crippen LogP contribution in [0.3, 0.4) is 0 Å². The maximum Gasteiger partial charge on any atom is 0.269 e. The van der Waals surface area contributed by atoms with Crippen LogP contribution in [0, 0.1) is 10.1 Å². The van der Waals surface area contributed by atoms with Crippen molar-refractivity contribution >= 4 is 12.0 Å². The highest BCUT2D eigenvalue weighted by molar-refractivity contribution is 5.85. The summed E-state index contributed by atoms with van der Waals surface area (Å²) in [4.78, 5) is 23.5. The number of non-ortho nitro benzene ring substituents is 1. The van der Waals surface area contributed by atoms with Crippen LogP contribution in [0.4, 0.5) is 5.69 Å². The zero-order valence-electron chi connectivity index (χ0n) is 8.21. The molecule has 1 N–H and O–H groups in total. The number of hydrogen-bond donors (Lipinski definition) is 1. The fourth-order valence-corrected chi connectivity index (χ4v) is 1.49. The zero-order valence-corrected chi connectivity index (χ0v) is 8.21. The Morgan fingerprint density at radius 2 is 1.88 bits per heavy atom. The first-order valence-electron chi connectivity index (χ1n) is 4.60. The number of nitrogens with one attached hydrogen (secondary N) is 1. The Morgan fingerprint density at radius 1 is 1.19 bits per heavy atom. The summed E-state index contributed by atoms with van der Waals surface area (Å²) in [5.74, 6) is 0. The van der Waals surface area contributed by atoms with Crippen LogP contribution in [0.15, 0.2) is 36.5 Å². The monoisotopic (exact) mass is 216 g/mol. The Morgan fingerprint density at radius 3 is 2.44 bits per heavy atom. The molecule has 0 saturated heterocycles. The number of nitro groups is 1. The van der Waals surface area contributed by atoms with Crippen LogP contribution in [0.2, 0.25) is 0 Å². The number of rotatable bonds is 3. The minimum Gasteiger partial charge on any atom is -0.359 e. The van der Waals surface area contributed by atoms with E-state index in [4.69, 9.17) is 0 Å². The summed E-state index contributed by atoms with van der Waals surface area (Å²) in [6.45, 7) is 0. The van der Waals surface area contributed by atoms with Gasteiger partial charge in [0.1, 0.15) is 0 Å². The normalized spacial score (nSPS) is 10.0. The van der Waals surface area contributed by atoms with Crippen LogP contribution in [-0.2, 0) is 0 Å². The van der Waals surface area contributed by atoms with Gasteiger partial charge >= 0.3 is 0 Å². The van der Waals surface area contributed by atoms with E-state index in [1.54, 1.807) is 24.4 Å². The van der Waals surface area contributed by atoms with Gasteiger partial charge in [0.05, 0.1) is 10.6 Å². The lowest BCUT2D eigenvalue weighted by atomic mass is 10.1. The van der Waals surface area contributed by atoms with E-state index in [0.29, 0.717) is 5.69 Å². The third-order valence-electron chi connectivity index (χ3n) is 2.29. The summed E-state index contributed by atoms with van der Waals surface area (Å²) in [7, 11) is 0. The molecule has 80 valence electrons. The summed E-state index contributed by atoms with van der Waals surface area (Å²) in [6.07, 6.45) is 2.37. The summed E-state index contributed by atoms with van der Waals surface area (Å²) in [6, 6.07) is 7.82. The van der Waals surface area contributed by atoms with Gasteiger partial charge in [0.2, 0.25) is 0 Å². The predicted octanol–water partition coefficient (Wildman–Crippen LogP) is 2.40. The Bertz CT molecular complexity index is 528. The molecule has 5 nitrogen and oxygen atoms in total. The second-order valence-corrected chi connectivity index (χ2v) is 3.23. The first kappa shape index (κ1) is 10.1. The maximum absolute atomic E-state index is 10.7. The van der Waals surface area contributed by atoms with Crippen LogP contribution in [0.25, 0.3) is 11.1 Å². The van der Waals surface area contributed by atoms with Gasteiger partial charge in [0, 0.05) is 23.9 Å². The van der Waals surface area contributed by atoms with Crippen molar-refractivity contribution in [3.63, 3.8) is 0 Å². The molecule has 0 saturated carbocycles. The topological polar surface area (TPSA) is 76.0 Å². The molecule has 0 amide bonds. The molecular formula is C11H8N2O3. The van der Waals surface area contributed by atoms with Gasteiger partial charge in [-0.1, -0.05) is 0 Å². The highest BCUT2D eigenvalue weighted by atomic mass is 16.6. The number of benzene rings is 1. The van der Waals surface area contributed by atoms with Crippen molar-refractivity contribution in [3.8, 4) is 11.1 Å². The fourth-order valence-electron chi connectivity index (χ4n) is 1.49. The zero-order chi connectivity index (χ0) is 11.5. The highest BCUT2D eigenvalue weighted by Gasteiger charge is 2.08. The van der Waals surface area contributed by atoms with E-state index < -0.39 is 4.92 Å². The molecule has 16 heavy (non-hydrogen) atoms. The van der Waals surface area contributed by atoms with Crippen molar-refractivity contribution in [2.24, 2.45) is 0 Å². The Labute approximate surface area is 90.9 Å². The number of carbonyl (C=O) groups is 1. The molecule has 0 radical (unpaired) electrons. The summed E-state index contributed by atoms with van der Waals surface area (Å²) < 4.78 is 0. The molecule has 1 aromatic heterocycles. The van der Waals surface area contributed by atoms with E-state index >= 15 is 0 Å². The molecule has 0 aliphatic heterocycles. The molecule has 0 bridgehead atoms. The Hall–Kier alpha value is -2.43. The number of aromatic nitrogens is 1. The molecule has 0 atom stereocenters. The molecule has 2 rings (SSSR count). The summed E-state index contributed by atoms with van der Waals surface area (Å²) in [5.41, 5.74) is 2.01. The van der Waals surface area contributed by atoms with Crippen LogP contribution >= 0.6 is 0 Å². The van der Waals surface area contributed by atoms with Crippen LogP contribution in [0.5, 0.6) is 0 Å². The summed E-state index contributed by atoms with van der Waals surface area (Å²) >= 11 is 0. The van der Waals surface area contributed by atoms with Crippen molar-refractivity contribution < 1.29 is 9.72 Å². The van der Waals surface area contributed by atoms with Gasteiger partial charge in [-0.25, -0.2) is 0 Å². The molecule has 0 fully saturated rings. The molecule has 2 aromatic rings. The van der Waals surface area contributed by atoms with Crippen LogP contribution in [-0.4, -0.2) is 16.2 Å². The second-order valence-electron chi connectivity index (χ2n) is 3.23. The minimum absolute atomic E-state index is 0.0342. The van der Waals surface area contributed by atoms with Crippen molar-refractivity contribution in [1.29, 1.82) is 0 Å². The molecule has 1 aromatic carbocycles. The number of hydrogen-bond acceptors (Lipinski definition) is 3. The van der Waals surface area contributed by atoms with Gasteiger partial charge in [-0.15, -0.1) is 0 Å². The number of H-pyrrole nitrogens is 1. The van der Waals surface area contributed by atoms with Crippen molar-refractivity contribution in [1.82, 2.24) is 4.98 Å². The molecule has 0 aliphatic rings. The predicted molar refractivity (Wildman–Crippen MR) is 58.3 cm³/mol. The third-order valence-corrected chi connectivity index (χ3v) is 2.29. The standard InChI is InChI=1S/C11H8N2O3/c14-7-11-10(5-6-12-11)8-1-3-9(4-2-8)13(15)16/h1-7,12H. The van der Waals surface area contributed by atoms with E-state index in [1.165, 1.54) is 12.1 Å². The molecule has 0 spiro atoms. The van der Waals surface area contributed by atoms with Crippen molar-refractivity contribution in [3.05, 3.63) is 52.3 Å². The molecule has 0 unspecified atom stereocenters. The Kier molecular flexibility index (Phi) is 2.51. The van der Waals surface area contributed by atoms with Gasteiger partial charge in [0.25, 0.3) is 5.69 Å². The minimum atomic E-state index is -0.457. The maximum atomic E-state index is 10.7. The number of nitrogens with zero attached hydrogens (tertiary/aromatic N) is 1. The van der Waals surface area contributed by atoms with E-state index in [2.05, 4.69) is 4.98 Å². The number of nitro benzene ring substituents is 1. The van der Waals surface area contributed by atoms with Gasteiger partial charge in [-0.3, -0.25) is 14.9 Å². The third kappa shape index (κ3) is 1.70. The number of aromatic amines is 1. The van der Waals surface area contributed by atoms with E-state index in [-0.39, 0.29) is 5.69 Å². The first-order chi connectivity index (χ1) is 7.72. The fraction of sp³-hybridized carbons (Fsp3) is 0. The molecule has 1 heterocycles. The SMILES string of the molecule is O=Cc1[nH]ccc1-c1ccc([N+](=O)[O-])cc1. The smallest absolute Gasteiger partial charge is 0.269 e. The van der Waals surface area contributed by atoms with Gasteiger partial charge in [0.15, 0.2) is 6.29 Å². The number of carbonyl (C=O) groups excluding carboxylic acids is 1. The number of aldehydes is 1. The molecule has 0 aliphatic carbocycles. The van der Waals surface area contributed by atoms with Gasteiger partial charge < -0.3 is 4.98 Å². The lowest BCUT2D eigenvalue weighted by Crippen LogP contribution is -1.88. The van der Waals surface area contributed by atoms with Crippen LogP contribution < -0.4 is 0 Å². The van der Waals surface area contributed by atoms with Crippen LogP contribution in [0.1, 0.15) is 10.5 Å². The average molecular weight is 216 g/mol. The Balaban J connectivity index is 2.42. The quantitative estimate of drug-likeness (QED) is 0.486. The largest absolute Gasteiger partial charge is 0.359 e. The lowest BCUT2D eigenvalue weighted by Gasteiger charge is -1.98. The second kappa shape index (κ2) is 3.98. The van der Waals surface area contributed by atoms with E-state index in [9.17, 15) is 14.9 Å². The first-order valence-corrected chi connectivity index (χ1v) is 4.60. The average Bonchev–Trinajstić information content (AvgIpc) is 2.77. The van der Waals surface area contributed by atoms with Crippen molar-refractivity contribution in [2.45, 2.75) is 0 Å². The molecular weight excluding hydrogens is 208 g/mol. The molecule has 5 heteroatoms. The van der Waals surface area contributed by atoms with Gasteiger partial charge in [-0.05, 0) is 23.8 Å². The summed E-state index contributed by atoms with van der Waals surface area (Å²) in [5, 5.41) is 10.5. The van der Waals surface area contributed by atoms with Gasteiger partial charge in [-0.2, -0.15) is 0 Å². The van der Waals surface area contributed by atoms with Crippen molar-refractivity contribution in [2.75, 3.05) is 0 Å². The highest BCUT2D eigenvalue weighted by Crippen LogP contribution is 2.24. The van der Waals surface area contributed by atoms with E-state index in [0.717, 1.165) is 17.4 Å². The van der Waals surface area contributed by atoms with E-state index in [1.807, 2.05) is 0 Å².